The molecule has 118 valence electrons. The molecule has 1 unspecified atom stereocenters. The van der Waals surface area contributed by atoms with E-state index in [1.165, 1.54) is 0 Å². The topological polar surface area (TPSA) is 80.4 Å². The molecule has 0 radical (unpaired) electrons. The number of anilines is 1. The molecule has 0 saturated heterocycles. The van der Waals surface area contributed by atoms with Crippen LogP contribution in [0, 0.1) is 5.92 Å². The van der Waals surface area contributed by atoms with Gasteiger partial charge in [0.25, 0.3) is 0 Å². The first-order valence-corrected chi connectivity index (χ1v) is 7.80. The van der Waals surface area contributed by atoms with Gasteiger partial charge in [-0.15, -0.1) is 0 Å². The molecule has 2 aliphatic rings. The number of nitrogens with zero attached hydrogens (tertiary/aromatic N) is 2. The van der Waals surface area contributed by atoms with Gasteiger partial charge in [-0.05, 0) is 30.6 Å². The van der Waals surface area contributed by atoms with Crippen molar-refractivity contribution in [3.05, 3.63) is 53.5 Å². The fourth-order valence-corrected chi connectivity index (χ4v) is 2.76. The highest BCUT2D eigenvalue weighted by molar-refractivity contribution is 6.30. The van der Waals surface area contributed by atoms with Crippen LogP contribution in [0.3, 0.4) is 0 Å². The molecule has 1 aliphatic heterocycles. The lowest BCUT2D eigenvalue weighted by molar-refractivity contribution is -0.118. The van der Waals surface area contributed by atoms with Crippen molar-refractivity contribution in [1.82, 2.24) is 4.98 Å². The molecule has 3 rings (SSSR count). The smallest absolute Gasteiger partial charge is 0.231 e. The molecule has 0 saturated carbocycles. The molecule has 0 fully saturated rings. The zero-order valence-electron chi connectivity index (χ0n) is 12.5. The van der Waals surface area contributed by atoms with Crippen molar-refractivity contribution >= 4 is 34.6 Å². The molecule has 2 heterocycles. The van der Waals surface area contributed by atoms with Crippen molar-refractivity contribution in [3.8, 4) is 0 Å². The number of hydrogen-bond acceptors (Lipinski definition) is 4. The van der Waals surface area contributed by atoms with E-state index in [1.807, 2.05) is 18.2 Å². The molecule has 5 nitrogen and oxygen atoms in total. The lowest BCUT2D eigenvalue weighted by Crippen LogP contribution is -2.28. The maximum atomic E-state index is 12.4. The molecule has 0 aromatic carbocycles. The van der Waals surface area contributed by atoms with Gasteiger partial charge in [-0.2, -0.15) is 0 Å². The van der Waals surface area contributed by atoms with Crippen LogP contribution in [0.4, 0.5) is 5.69 Å². The number of carbonyl (C=O) groups is 1. The Kier molecular flexibility index (Phi) is 4.57. The number of nitrogens with one attached hydrogen (secondary N) is 1. The molecular weight excluding hydrogens is 312 g/mol. The van der Waals surface area contributed by atoms with Crippen LogP contribution < -0.4 is 11.1 Å². The van der Waals surface area contributed by atoms with E-state index >= 15 is 0 Å². The Morgan fingerprint density at radius 2 is 2.22 bits per heavy atom. The number of aliphatic imine (C=N–C) groups is 1. The molecule has 23 heavy (non-hydrogen) atoms. The van der Waals surface area contributed by atoms with Crippen LogP contribution in [0.2, 0.25) is 0 Å². The lowest BCUT2D eigenvalue weighted by atomic mass is 9.96. The number of amides is 1. The summed E-state index contributed by atoms with van der Waals surface area (Å²) in [5.74, 6) is 0.0439. The van der Waals surface area contributed by atoms with Gasteiger partial charge in [0.05, 0.1) is 23.6 Å². The van der Waals surface area contributed by atoms with E-state index in [0.717, 1.165) is 29.0 Å². The van der Waals surface area contributed by atoms with Crippen LogP contribution in [-0.4, -0.2) is 16.7 Å². The number of nitrogens with two attached hydrogens (primary N) is 1. The van der Waals surface area contributed by atoms with Gasteiger partial charge in [-0.1, -0.05) is 23.8 Å². The fraction of sp³-hybridized carbons (Fsp3) is 0.235. The molecular formula is C17H17ClN4O. The number of amidine groups is 1. The van der Waals surface area contributed by atoms with E-state index in [0.29, 0.717) is 17.9 Å². The highest BCUT2D eigenvalue weighted by Gasteiger charge is 2.21. The van der Waals surface area contributed by atoms with Crippen molar-refractivity contribution in [3.63, 3.8) is 0 Å². The predicted octanol–water partition coefficient (Wildman–Crippen LogP) is 3.21. The molecule has 1 amide bonds. The number of rotatable bonds is 3. The highest BCUT2D eigenvalue weighted by atomic mass is 35.5. The normalized spacial score (nSPS) is 20.4. The minimum Gasteiger partial charge on any atom is -0.387 e. The highest BCUT2D eigenvalue weighted by Crippen LogP contribution is 2.32. The van der Waals surface area contributed by atoms with Gasteiger partial charge >= 0.3 is 0 Å². The van der Waals surface area contributed by atoms with Gasteiger partial charge in [-0.25, -0.2) is 4.99 Å². The standard InChI is InChI=1S/C17H17ClN4O/c18-13-3-1-11(2-4-13)14-6-7-20-10-15(14)22-17(23)12-5-8-21-16(19)9-12/h1,3,5-8,10,12H,2,4,9H2,(H2,19,21)(H,22,23). The summed E-state index contributed by atoms with van der Waals surface area (Å²) >= 11 is 6.01. The molecule has 1 aromatic rings. The second-order valence-electron chi connectivity index (χ2n) is 5.49. The van der Waals surface area contributed by atoms with E-state index in [-0.39, 0.29) is 11.8 Å². The fourth-order valence-electron chi connectivity index (χ4n) is 2.60. The Morgan fingerprint density at radius 3 is 2.96 bits per heavy atom. The van der Waals surface area contributed by atoms with E-state index in [1.54, 1.807) is 24.7 Å². The maximum absolute atomic E-state index is 12.4. The molecule has 1 aliphatic carbocycles. The number of halogens is 1. The van der Waals surface area contributed by atoms with E-state index in [9.17, 15) is 4.79 Å². The summed E-state index contributed by atoms with van der Waals surface area (Å²) < 4.78 is 0. The van der Waals surface area contributed by atoms with E-state index in [4.69, 9.17) is 17.3 Å². The lowest BCUT2D eigenvalue weighted by Gasteiger charge is -2.18. The quantitative estimate of drug-likeness (QED) is 0.894. The largest absolute Gasteiger partial charge is 0.387 e. The van der Waals surface area contributed by atoms with Crippen molar-refractivity contribution in [2.75, 3.05) is 5.32 Å². The van der Waals surface area contributed by atoms with Crippen LogP contribution >= 0.6 is 11.6 Å². The van der Waals surface area contributed by atoms with Crippen LogP contribution in [0.1, 0.15) is 24.8 Å². The summed E-state index contributed by atoms with van der Waals surface area (Å²) in [5, 5.41) is 3.79. The number of allylic oxidation sites excluding steroid dienone is 4. The van der Waals surface area contributed by atoms with Crippen LogP contribution in [0.15, 0.2) is 52.9 Å². The summed E-state index contributed by atoms with van der Waals surface area (Å²) in [6.45, 7) is 0. The Balaban J connectivity index is 1.80. The predicted molar refractivity (Wildman–Crippen MR) is 92.9 cm³/mol. The number of carbonyl (C=O) groups excluding carboxylic acids is 1. The Bertz CT molecular complexity index is 749. The SMILES string of the molecule is NC1=NC=CC(C(=O)Nc2cnccc2C2=CC=C(Cl)CC2)C1. The summed E-state index contributed by atoms with van der Waals surface area (Å²) in [6.07, 6.45) is 12.7. The second-order valence-corrected chi connectivity index (χ2v) is 5.97. The van der Waals surface area contributed by atoms with Crippen molar-refractivity contribution in [2.45, 2.75) is 19.3 Å². The van der Waals surface area contributed by atoms with Crippen LogP contribution in [-0.2, 0) is 4.79 Å². The molecule has 1 atom stereocenters. The van der Waals surface area contributed by atoms with Crippen molar-refractivity contribution < 1.29 is 4.79 Å². The molecule has 1 aromatic heterocycles. The van der Waals surface area contributed by atoms with Crippen LogP contribution in [0.25, 0.3) is 5.57 Å². The zero-order valence-corrected chi connectivity index (χ0v) is 13.3. The van der Waals surface area contributed by atoms with Gasteiger partial charge in [0, 0.05) is 29.4 Å². The van der Waals surface area contributed by atoms with E-state index < -0.39 is 0 Å². The third kappa shape index (κ3) is 3.68. The minimum atomic E-state index is -0.310. The van der Waals surface area contributed by atoms with E-state index in [2.05, 4.69) is 15.3 Å². The zero-order chi connectivity index (χ0) is 16.2. The monoisotopic (exact) mass is 328 g/mol. The average Bonchev–Trinajstić information content (AvgIpc) is 2.56. The summed E-state index contributed by atoms with van der Waals surface area (Å²) in [5.41, 5.74) is 8.49. The maximum Gasteiger partial charge on any atom is 0.231 e. The third-order valence-electron chi connectivity index (χ3n) is 3.85. The third-order valence-corrected chi connectivity index (χ3v) is 4.16. The van der Waals surface area contributed by atoms with Crippen LogP contribution in [0.5, 0.6) is 0 Å². The first kappa shape index (κ1) is 15.5. The first-order chi connectivity index (χ1) is 11.1. The average molecular weight is 329 g/mol. The van der Waals surface area contributed by atoms with Gasteiger partial charge in [0.1, 0.15) is 0 Å². The summed E-state index contributed by atoms with van der Waals surface area (Å²) in [4.78, 5) is 20.5. The first-order valence-electron chi connectivity index (χ1n) is 7.43. The Hall–Kier alpha value is -2.40. The number of aromatic nitrogens is 1. The summed E-state index contributed by atoms with van der Waals surface area (Å²) in [7, 11) is 0. The number of hydrogen-bond donors (Lipinski definition) is 2. The van der Waals surface area contributed by atoms with Gasteiger partial charge in [0.15, 0.2) is 0 Å². The van der Waals surface area contributed by atoms with Gasteiger partial charge < -0.3 is 11.1 Å². The summed E-state index contributed by atoms with van der Waals surface area (Å²) in [6, 6.07) is 1.90. The molecule has 3 N–H and O–H groups in total. The number of pyridine rings is 1. The second kappa shape index (κ2) is 6.79. The molecule has 6 heteroatoms. The minimum absolute atomic E-state index is 0.113. The van der Waals surface area contributed by atoms with Crippen molar-refractivity contribution in [2.24, 2.45) is 16.6 Å². The Morgan fingerprint density at radius 1 is 1.35 bits per heavy atom. The van der Waals surface area contributed by atoms with Gasteiger partial charge in [0.2, 0.25) is 5.91 Å². The Labute approximate surface area is 139 Å². The molecule has 0 spiro atoms. The van der Waals surface area contributed by atoms with Gasteiger partial charge in [-0.3, -0.25) is 9.78 Å². The van der Waals surface area contributed by atoms with Crippen molar-refractivity contribution in [1.29, 1.82) is 0 Å². The molecule has 0 bridgehead atoms.